The molecule has 0 aliphatic carbocycles. The van der Waals surface area contributed by atoms with E-state index >= 15 is 0 Å². The monoisotopic (exact) mass is 274 g/mol. The molecule has 0 spiro atoms. The topological polar surface area (TPSA) is 9.23 Å². The number of alkyl halides is 1. The summed E-state index contributed by atoms with van der Waals surface area (Å²) in [4.78, 5) is 0. The Morgan fingerprint density at radius 2 is 1.74 bits per heavy atom. The molecule has 0 aliphatic rings. The minimum absolute atomic E-state index is 0.0257. The fourth-order valence-electron chi connectivity index (χ4n) is 2.14. The zero-order valence-corrected chi connectivity index (χ0v) is 12.2. The van der Waals surface area contributed by atoms with E-state index in [4.69, 9.17) is 16.3 Å². The van der Waals surface area contributed by atoms with E-state index in [0.29, 0.717) is 0 Å². The van der Waals surface area contributed by atoms with Crippen LogP contribution in [-0.4, -0.2) is 7.11 Å². The third kappa shape index (κ3) is 3.51. The molecule has 0 aromatic heterocycles. The lowest BCUT2D eigenvalue weighted by atomic mass is 10.0. The first-order chi connectivity index (χ1) is 9.24. The largest absolute Gasteiger partial charge is 0.496 e. The van der Waals surface area contributed by atoms with Gasteiger partial charge in [0.2, 0.25) is 0 Å². The zero-order chi connectivity index (χ0) is 13.7. The van der Waals surface area contributed by atoms with Gasteiger partial charge in [-0.3, -0.25) is 0 Å². The van der Waals surface area contributed by atoms with Gasteiger partial charge in [0, 0.05) is 0 Å². The Morgan fingerprint density at radius 3 is 2.37 bits per heavy atom. The lowest BCUT2D eigenvalue weighted by molar-refractivity contribution is 0.409. The van der Waals surface area contributed by atoms with Gasteiger partial charge in [-0.2, -0.15) is 0 Å². The van der Waals surface area contributed by atoms with Crippen molar-refractivity contribution in [2.45, 2.75) is 25.1 Å². The van der Waals surface area contributed by atoms with Crippen molar-refractivity contribution in [3.8, 4) is 5.75 Å². The predicted molar refractivity (Wildman–Crippen MR) is 81.1 cm³/mol. The molecule has 1 unspecified atom stereocenters. The molecule has 0 N–H and O–H groups in total. The Labute approximate surface area is 120 Å². The van der Waals surface area contributed by atoms with E-state index in [0.717, 1.165) is 29.7 Å². The molecule has 1 atom stereocenters. The second kappa shape index (κ2) is 6.63. The summed E-state index contributed by atoms with van der Waals surface area (Å²) in [5.74, 6) is 0.901. The van der Waals surface area contributed by atoms with Gasteiger partial charge < -0.3 is 4.74 Å². The first-order valence-corrected chi connectivity index (χ1v) is 7.03. The number of benzene rings is 2. The maximum Gasteiger partial charge on any atom is 0.122 e. The molecule has 0 amide bonds. The Bertz CT molecular complexity index is 519. The summed E-state index contributed by atoms with van der Waals surface area (Å²) in [5, 5.41) is -0.0257. The molecular weight excluding hydrogens is 256 g/mol. The highest BCUT2D eigenvalue weighted by atomic mass is 35.5. The molecule has 2 aromatic rings. The van der Waals surface area contributed by atoms with E-state index in [1.807, 2.05) is 18.2 Å². The highest BCUT2D eigenvalue weighted by Crippen LogP contribution is 2.29. The van der Waals surface area contributed by atoms with Crippen LogP contribution >= 0.6 is 11.6 Å². The van der Waals surface area contributed by atoms with Gasteiger partial charge in [0.1, 0.15) is 5.75 Å². The van der Waals surface area contributed by atoms with Crippen LogP contribution in [0.25, 0.3) is 0 Å². The summed E-state index contributed by atoms with van der Waals surface area (Å²) in [6.45, 7) is 2.15. The molecule has 0 heterocycles. The fraction of sp³-hybridized carbons (Fsp3) is 0.294. The molecule has 2 aromatic carbocycles. The minimum atomic E-state index is -0.0257. The summed E-state index contributed by atoms with van der Waals surface area (Å²) in [7, 11) is 1.69. The standard InChI is InChI=1S/C17H19ClO/c1-3-13-8-10-14(11-9-13)16(18)12-15-6-4-5-7-17(15)19-2/h4-11,16H,3,12H2,1-2H3. The molecule has 2 rings (SSSR count). The van der Waals surface area contributed by atoms with E-state index < -0.39 is 0 Å². The molecule has 0 saturated heterocycles. The second-order valence-corrected chi connectivity index (χ2v) is 5.11. The van der Waals surface area contributed by atoms with E-state index in [-0.39, 0.29) is 5.38 Å². The maximum atomic E-state index is 6.51. The predicted octanol–water partition coefficient (Wildman–Crippen LogP) is 4.78. The normalized spacial score (nSPS) is 12.2. The maximum absolute atomic E-state index is 6.51. The summed E-state index contributed by atoms with van der Waals surface area (Å²) in [6, 6.07) is 16.6. The third-order valence-electron chi connectivity index (χ3n) is 3.34. The van der Waals surface area contributed by atoms with Crippen molar-refractivity contribution in [2.24, 2.45) is 0 Å². The zero-order valence-electron chi connectivity index (χ0n) is 11.4. The Balaban J connectivity index is 2.13. The van der Waals surface area contributed by atoms with Crippen molar-refractivity contribution in [1.29, 1.82) is 0 Å². The lowest BCUT2D eigenvalue weighted by Crippen LogP contribution is -1.98. The third-order valence-corrected chi connectivity index (χ3v) is 3.75. The van der Waals surface area contributed by atoms with Crippen LogP contribution in [0.15, 0.2) is 48.5 Å². The van der Waals surface area contributed by atoms with E-state index in [1.54, 1.807) is 7.11 Å². The molecule has 2 heteroatoms. The Kier molecular flexibility index (Phi) is 4.86. The molecule has 100 valence electrons. The van der Waals surface area contributed by atoms with Crippen LogP contribution in [0.2, 0.25) is 0 Å². The van der Waals surface area contributed by atoms with Crippen LogP contribution in [0.3, 0.4) is 0 Å². The molecule has 0 radical (unpaired) electrons. The summed E-state index contributed by atoms with van der Waals surface area (Å²) >= 11 is 6.51. The van der Waals surface area contributed by atoms with Gasteiger partial charge in [-0.1, -0.05) is 49.4 Å². The van der Waals surface area contributed by atoms with Gasteiger partial charge in [0.25, 0.3) is 0 Å². The molecule has 0 aliphatic heterocycles. The molecule has 0 saturated carbocycles. The number of methoxy groups -OCH3 is 1. The number of para-hydroxylation sites is 1. The van der Waals surface area contributed by atoms with E-state index in [9.17, 15) is 0 Å². The van der Waals surface area contributed by atoms with Crippen LogP contribution in [0.1, 0.15) is 29.0 Å². The molecule has 1 nitrogen and oxygen atoms in total. The quantitative estimate of drug-likeness (QED) is 0.713. The van der Waals surface area contributed by atoms with Gasteiger partial charge in [-0.15, -0.1) is 11.6 Å². The van der Waals surface area contributed by atoms with Gasteiger partial charge in [0.15, 0.2) is 0 Å². The van der Waals surface area contributed by atoms with Crippen LogP contribution < -0.4 is 4.74 Å². The van der Waals surface area contributed by atoms with Crippen molar-refractivity contribution in [3.63, 3.8) is 0 Å². The lowest BCUT2D eigenvalue weighted by Gasteiger charge is -2.13. The molecule has 0 fully saturated rings. The van der Waals surface area contributed by atoms with Crippen molar-refractivity contribution < 1.29 is 4.74 Å². The summed E-state index contributed by atoms with van der Waals surface area (Å²) in [6.07, 6.45) is 1.83. The smallest absolute Gasteiger partial charge is 0.122 e. The van der Waals surface area contributed by atoms with Crippen molar-refractivity contribution in [1.82, 2.24) is 0 Å². The Hall–Kier alpha value is -1.47. The van der Waals surface area contributed by atoms with Gasteiger partial charge >= 0.3 is 0 Å². The van der Waals surface area contributed by atoms with Crippen LogP contribution in [0.5, 0.6) is 5.75 Å². The summed E-state index contributed by atoms with van der Waals surface area (Å²) in [5.41, 5.74) is 3.64. The van der Waals surface area contributed by atoms with E-state index in [2.05, 4.69) is 37.3 Å². The number of ether oxygens (including phenoxy) is 1. The highest BCUT2D eigenvalue weighted by molar-refractivity contribution is 6.20. The number of hydrogen-bond donors (Lipinski definition) is 0. The molecular formula is C17H19ClO. The van der Waals surface area contributed by atoms with Crippen LogP contribution in [-0.2, 0) is 12.8 Å². The van der Waals surface area contributed by atoms with Gasteiger partial charge in [-0.05, 0) is 35.6 Å². The SMILES string of the molecule is CCc1ccc(C(Cl)Cc2ccccc2OC)cc1. The first kappa shape index (κ1) is 14.0. The van der Waals surface area contributed by atoms with Crippen molar-refractivity contribution in [3.05, 3.63) is 65.2 Å². The number of hydrogen-bond acceptors (Lipinski definition) is 1. The number of rotatable bonds is 5. The average Bonchev–Trinajstić information content (AvgIpc) is 2.48. The number of halogens is 1. The fourth-order valence-corrected chi connectivity index (χ4v) is 2.46. The highest BCUT2D eigenvalue weighted by Gasteiger charge is 2.11. The summed E-state index contributed by atoms with van der Waals surface area (Å²) < 4.78 is 5.36. The molecule has 19 heavy (non-hydrogen) atoms. The van der Waals surface area contributed by atoms with Crippen LogP contribution in [0.4, 0.5) is 0 Å². The Morgan fingerprint density at radius 1 is 1.05 bits per heavy atom. The van der Waals surface area contributed by atoms with Gasteiger partial charge in [0.05, 0.1) is 12.5 Å². The first-order valence-electron chi connectivity index (χ1n) is 6.59. The second-order valence-electron chi connectivity index (χ2n) is 4.58. The minimum Gasteiger partial charge on any atom is -0.496 e. The van der Waals surface area contributed by atoms with Crippen LogP contribution in [0, 0.1) is 0 Å². The molecule has 0 bridgehead atoms. The van der Waals surface area contributed by atoms with Gasteiger partial charge in [-0.25, -0.2) is 0 Å². The van der Waals surface area contributed by atoms with Crippen molar-refractivity contribution >= 4 is 11.6 Å². The van der Waals surface area contributed by atoms with Crippen molar-refractivity contribution in [2.75, 3.05) is 7.11 Å². The number of aryl methyl sites for hydroxylation is 1. The van der Waals surface area contributed by atoms with E-state index in [1.165, 1.54) is 5.56 Å². The average molecular weight is 275 g/mol.